The Bertz CT molecular complexity index is 1460. The van der Waals surface area contributed by atoms with Crippen LogP contribution in [0.5, 0.6) is 0 Å². The fourth-order valence-electron chi connectivity index (χ4n) is 4.09. The van der Waals surface area contributed by atoms with Gasteiger partial charge < -0.3 is 10.2 Å². The molecule has 0 bridgehead atoms. The Morgan fingerprint density at radius 2 is 1.57 bits per heavy atom. The Hall–Kier alpha value is -2.78. The predicted octanol–water partition coefficient (Wildman–Crippen LogP) is 6.56. The Labute approximate surface area is 251 Å². The number of rotatable bonds is 10. The lowest BCUT2D eigenvalue weighted by atomic mass is 10.1. The van der Waals surface area contributed by atoms with Gasteiger partial charge >= 0.3 is 0 Å². The zero-order chi connectivity index (χ0) is 29.7. The third kappa shape index (κ3) is 8.13. The summed E-state index contributed by atoms with van der Waals surface area (Å²) in [5.41, 5.74) is 0.295. The Kier molecular flexibility index (Phi) is 10.5. The second kappa shape index (κ2) is 13.3. The summed E-state index contributed by atoms with van der Waals surface area (Å²) in [5, 5.41) is 3.88. The molecule has 1 N–H and O–H groups in total. The minimum absolute atomic E-state index is 0.000558. The van der Waals surface area contributed by atoms with Crippen LogP contribution in [0.15, 0.2) is 77.7 Å². The zero-order valence-electron chi connectivity index (χ0n) is 22.7. The van der Waals surface area contributed by atoms with Gasteiger partial charge in [0.1, 0.15) is 12.6 Å². The number of anilines is 1. The molecule has 0 radical (unpaired) electrons. The molecule has 0 saturated heterocycles. The van der Waals surface area contributed by atoms with Gasteiger partial charge in [0.15, 0.2) is 0 Å². The molecule has 7 nitrogen and oxygen atoms in total. The van der Waals surface area contributed by atoms with Crippen molar-refractivity contribution >= 4 is 62.3 Å². The van der Waals surface area contributed by atoms with Crippen LogP contribution in [0.3, 0.4) is 0 Å². The number of hydrogen-bond donors (Lipinski definition) is 1. The van der Waals surface area contributed by atoms with Crippen LogP contribution in [0.1, 0.15) is 39.7 Å². The second-order valence-electron chi connectivity index (χ2n) is 10.2. The van der Waals surface area contributed by atoms with E-state index in [9.17, 15) is 18.0 Å². The van der Waals surface area contributed by atoms with Crippen LogP contribution in [0.4, 0.5) is 5.69 Å². The molecule has 0 saturated carbocycles. The quantitative estimate of drug-likeness (QED) is 0.277. The van der Waals surface area contributed by atoms with E-state index in [0.717, 1.165) is 4.31 Å². The summed E-state index contributed by atoms with van der Waals surface area (Å²) in [6.45, 7) is 6.75. The molecule has 11 heteroatoms. The minimum Gasteiger partial charge on any atom is -0.350 e. The monoisotopic (exact) mass is 623 g/mol. The van der Waals surface area contributed by atoms with Crippen molar-refractivity contribution in [3.8, 4) is 0 Å². The number of amides is 2. The number of nitrogens with zero attached hydrogens (tertiary/aromatic N) is 2. The molecule has 2 amide bonds. The van der Waals surface area contributed by atoms with Gasteiger partial charge in [-0.3, -0.25) is 13.9 Å². The van der Waals surface area contributed by atoms with Crippen LogP contribution in [-0.2, 0) is 26.2 Å². The highest BCUT2D eigenvalue weighted by atomic mass is 35.5. The second-order valence-corrected chi connectivity index (χ2v) is 13.4. The molecule has 0 aromatic heterocycles. The number of nitrogens with one attached hydrogen (secondary N) is 1. The number of benzene rings is 3. The summed E-state index contributed by atoms with van der Waals surface area (Å²) in [6, 6.07) is 18.1. The van der Waals surface area contributed by atoms with Gasteiger partial charge in [-0.2, -0.15) is 0 Å². The molecule has 0 aliphatic rings. The van der Waals surface area contributed by atoms with Crippen molar-refractivity contribution in [2.45, 2.75) is 57.1 Å². The van der Waals surface area contributed by atoms with Crippen LogP contribution < -0.4 is 9.62 Å². The van der Waals surface area contributed by atoms with E-state index in [4.69, 9.17) is 34.8 Å². The van der Waals surface area contributed by atoms with Crippen LogP contribution in [0.25, 0.3) is 0 Å². The van der Waals surface area contributed by atoms with Gasteiger partial charge in [-0.1, -0.05) is 72.1 Å². The lowest BCUT2D eigenvalue weighted by molar-refractivity contribution is -0.141. The summed E-state index contributed by atoms with van der Waals surface area (Å²) in [5.74, 6) is -0.940. The number of sulfonamides is 1. The van der Waals surface area contributed by atoms with Gasteiger partial charge in [-0.25, -0.2) is 8.42 Å². The van der Waals surface area contributed by atoms with Crippen molar-refractivity contribution < 1.29 is 18.0 Å². The summed E-state index contributed by atoms with van der Waals surface area (Å²) < 4.78 is 28.6. The van der Waals surface area contributed by atoms with Crippen molar-refractivity contribution in [3.05, 3.63) is 93.4 Å². The molecule has 0 fully saturated rings. The molecule has 214 valence electrons. The fraction of sp³-hybridized carbons (Fsp3) is 0.310. The van der Waals surface area contributed by atoms with E-state index in [1.165, 1.54) is 23.1 Å². The largest absolute Gasteiger partial charge is 0.350 e. The smallest absolute Gasteiger partial charge is 0.264 e. The van der Waals surface area contributed by atoms with Gasteiger partial charge in [0, 0.05) is 17.1 Å². The SMILES string of the molecule is CC[C@@H](C(=O)NC(C)(C)C)N(Cc1ccc(Cl)c(Cl)c1)C(=O)CN(c1cccc(Cl)c1)S(=O)(=O)c1ccccc1. The predicted molar refractivity (Wildman–Crippen MR) is 161 cm³/mol. The van der Waals surface area contributed by atoms with Gasteiger partial charge in [0.25, 0.3) is 10.0 Å². The first-order chi connectivity index (χ1) is 18.7. The van der Waals surface area contributed by atoms with Gasteiger partial charge in [0.05, 0.1) is 20.6 Å². The normalized spacial score (nSPS) is 12.5. The van der Waals surface area contributed by atoms with Crippen LogP contribution >= 0.6 is 34.8 Å². The van der Waals surface area contributed by atoms with Gasteiger partial charge in [0.2, 0.25) is 11.8 Å². The Morgan fingerprint density at radius 1 is 0.900 bits per heavy atom. The van der Waals surface area contributed by atoms with Crippen LogP contribution in [-0.4, -0.2) is 43.3 Å². The maximum absolute atomic E-state index is 14.1. The highest BCUT2D eigenvalue weighted by Crippen LogP contribution is 2.28. The van der Waals surface area contributed by atoms with E-state index in [1.54, 1.807) is 61.5 Å². The average molecular weight is 625 g/mol. The van der Waals surface area contributed by atoms with Crippen molar-refractivity contribution in [1.82, 2.24) is 10.2 Å². The Balaban J connectivity index is 2.08. The summed E-state index contributed by atoms with van der Waals surface area (Å²) >= 11 is 18.5. The first kappa shape index (κ1) is 31.7. The van der Waals surface area contributed by atoms with E-state index < -0.39 is 34.1 Å². The molecular weight excluding hydrogens is 593 g/mol. The Morgan fingerprint density at radius 3 is 2.15 bits per heavy atom. The van der Waals surface area contributed by atoms with Crippen molar-refractivity contribution in [1.29, 1.82) is 0 Å². The van der Waals surface area contributed by atoms with Crippen LogP contribution in [0.2, 0.25) is 15.1 Å². The molecule has 3 rings (SSSR count). The zero-order valence-corrected chi connectivity index (χ0v) is 25.8. The van der Waals surface area contributed by atoms with Crippen molar-refractivity contribution in [3.63, 3.8) is 0 Å². The van der Waals surface area contributed by atoms with E-state index in [1.807, 2.05) is 20.8 Å². The molecule has 0 heterocycles. The van der Waals surface area contributed by atoms with Gasteiger partial charge in [-0.15, -0.1) is 0 Å². The van der Waals surface area contributed by atoms with Crippen molar-refractivity contribution in [2.24, 2.45) is 0 Å². The maximum Gasteiger partial charge on any atom is 0.264 e. The van der Waals surface area contributed by atoms with Crippen LogP contribution in [0, 0.1) is 0 Å². The molecule has 0 spiro atoms. The minimum atomic E-state index is -4.18. The molecule has 3 aromatic carbocycles. The third-order valence-electron chi connectivity index (χ3n) is 5.93. The van der Waals surface area contributed by atoms with E-state index >= 15 is 0 Å². The number of halogens is 3. The molecule has 40 heavy (non-hydrogen) atoms. The summed E-state index contributed by atoms with van der Waals surface area (Å²) in [4.78, 5) is 28.8. The number of carbonyl (C=O) groups excluding carboxylic acids is 2. The lowest BCUT2D eigenvalue weighted by Gasteiger charge is -2.34. The number of hydrogen-bond acceptors (Lipinski definition) is 4. The number of carbonyl (C=O) groups is 2. The highest BCUT2D eigenvalue weighted by Gasteiger charge is 2.34. The lowest BCUT2D eigenvalue weighted by Crippen LogP contribution is -2.55. The summed E-state index contributed by atoms with van der Waals surface area (Å²) in [6.07, 6.45) is 0.289. The first-order valence-electron chi connectivity index (χ1n) is 12.6. The van der Waals surface area contributed by atoms with E-state index in [2.05, 4.69) is 5.32 Å². The van der Waals surface area contributed by atoms with Gasteiger partial charge in [-0.05, 0) is 75.2 Å². The maximum atomic E-state index is 14.1. The van der Waals surface area contributed by atoms with E-state index in [-0.39, 0.29) is 29.5 Å². The average Bonchev–Trinajstić information content (AvgIpc) is 2.88. The molecule has 0 unspecified atom stereocenters. The summed E-state index contributed by atoms with van der Waals surface area (Å²) in [7, 11) is -4.18. The fourth-order valence-corrected chi connectivity index (χ4v) is 6.02. The standard InChI is InChI=1S/C29H32Cl3N3O4S/c1-5-26(28(37)33-29(2,3)4)34(18-20-14-15-24(31)25(32)16-20)27(36)19-35(22-11-9-10-21(30)17-22)40(38,39)23-12-7-6-8-13-23/h6-17,26H,5,18-19H2,1-4H3,(H,33,37)/t26-/m0/s1. The highest BCUT2D eigenvalue weighted by molar-refractivity contribution is 7.92. The molecule has 0 aliphatic carbocycles. The molecule has 1 atom stereocenters. The molecule has 3 aromatic rings. The third-order valence-corrected chi connectivity index (χ3v) is 8.69. The topological polar surface area (TPSA) is 86.8 Å². The first-order valence-corrected chi connectivity index (χ1v) is 15.2. The van der Waals surface area contributed by atoms with Crippen molar-refractivity contribution in [2.75, 3.05) is 10.8 Å². The molecular formula is C29H32Cl3N3O4S. The molecule has 0 aliphatic heterocycles. The van der Waals surface area contributed by atoms with E-state index in [0.29, 0.717) is 20.6 Å².